The monoisotopic (exact) mass is 405 g/mol. The summed E-state index contributed by atoms with van der Waals surface area (Å²) in [5.41, 5.74) is 9.20. The van der Waals surface area contributed by atoms with Crippen molar-refractivity contribution in [3.63, 3.8) is 0 Å². The molecule has 0 unspecified atom stereocenters. The van der Waals surface area contributed by atoms with E-state index in [-0.39, 0.29) is 5.56 Å². The molecule has 9 nitrogen and oxygen atoms in total. The Labute approximate surface area is 173 Å². The predicted molar refractivity (Wildman–Crippen MR) is 114 cm³/mol. The standard InChI is InChI=1S/C21H23N7O2/c1-3-7-16-17-18(27-28(16)12-14-8-5-6-9-23-14)20(29)26-19(25-17)15-10-13(22)11-24-21(15)30-4-2/h5-6,8-11H,3-4,7,12,22H2,1-2H3,(H,25,26,29). The zero-order chi connectivity index (χ0) is 21.1. The molecule has 0 bridgehead atoms. The van der Waals surface area contributed by atoms with Gasteiger partial charge in [0.15, 0.2) is 5.52 Å². The lowest BCUT2D eigenvalue weighted by molar-refractivity contribution is 0.328. The molecule has 4 rings (SSSR count). The molecule has 0 amide bonds. The molecule has 154 valence electrons. The molecule has 0 spiro atoms. The summed E-state index contributed by atoms with van der Waals surface area (Å²) >= 11 is 0. The number of pyridine rings is 2. The first-order valence-corrected chi connectivity index (χ1v) is 9.89. The lowest BCUT2D eigenvalue weighted by Crippen LogP contribution is -2.11. The molecule has 4 aromatic heterocycles. The Balaban J connectivity index is 1.89. The van der Waals surface area contributed by atoms with Gasteiger partial charge in [-0.2, -0.15) is 5.10 Å². The molecular weight excluding hydrogens is 382 g/mol. The number of fused-ring (bicyclic) bond motifs is 1. The van der Waals surface area contributed by atoms with Crippen LogP contribution < -0.4 is 16.0 Å². The minimum atomic E-state index is -0.322. The van der Waals surface area contributed by atoms with Gasteiger partial charge in [0.2, 0.25) is 5.88 Å². The number of aryl methyl sites for hydroxylation is 1. The average Bonchev–Trinajstić information content (AvgIpc) is 3.08. The second-order valence-corrected chi connectivity index (χ2v) is 6.84. The van der Waals surface area contributed by atoms with Crippen molar-refractivity contribution in [3.8, 4) is 17.3 Å². The summed E-state index contributed by atoms with van der Waals surface area (Å²) in [6.45, 7) is 4.83. The molecule has 4 aromatic rings. The molecule has 3 N–H and O–H groups in total. The van der Waals surface area contributed by atoms with Gasteiger partial charge in [-0.05, 0) is 31.5 Å². The maximum absolute atomic E-state index is 12.9. The summed E-state index contributed by atoms with van der Waals surface area (Å²) in [5, 5.41) is 4.54. The Hall–Kier alpha value is -3.75. The van der Waals surface area contributed by atoms with E-state index in [0.717, 1.165) is 24.2 Å². The van der Waals surface area contributed by atoms with Crippen molar-refractivity contribution < 1.29 is 4.74 Å². The highest BCUT2D eigenvalue weighted by atomic mass is 16.5. The van der Waals surface area contributed by atoms with Crippen molar-refractivity contribution in [2.75, 3.05) is 12.3 Å². The smallest absolute Gasteiger partial charge is 0.279 e. The first kappa shape index (κ1) is 19.6. The fourth-order valence-electron chi connectivity index (χ4n) is 3.34. The maximum atomic E-state index is 12.9. The summed E-state index contributed by atoms with van der Waals surface area (Å²) in [6.07, 6.45) is 4.87. The zero-order valence-corrected chi connectivity index (χ0v) is 16.9. The van der Waals surface area contributed by atoms with Crippen LogP contribution >= 0.6 is 0 Å². The number of hydrogen-bond donors (Lipinski definition) is 2. The number of hydrogen-bond acceptors (Lipinski definition) is 7. The number of nitrogens with zero attached hydrogens (tertiary/aromatic N) is 5. The van der Waals surface area contributed by atoms with Gasteiger partial charge in [0.1, 0.15) is 11.3 Å². The van der Waals surface area contributed by atoms with Crippen LogP contribution in [0.1, 0.15) is 31.7 Å². The molecule has 0 aromatic carbocycles. The summed E-state index contributed by atoms with van der Waals surface area (Å²) in [4.78, 5) is 29.0. The first-order chi connectivity index (χ1) is 14.6. The number of nitrogens with one attached hydrogen (secondary N) is 1. The van der Waals surface area contributed by atoms with Crippen molar-refractivity contribution in [3.05, 3.63) is 58.4 Å². The van der Waals surface area contributed by atoms with Gasteiger partial charge in [0, 0.05) is 6.20 Å². The minimum Gasteiger partial charge on any atom is -0.477 e. The average molecular weight is 405 g/mol. The SMILES string of the molecule is CCCc1c2nc(-c3cc(N)cnc3OCC)[nH]c(=O)c2nn1Cc1ccccn1. The van der Waals surface area contributed by atoms with Crippen molar-refractivity contribution in [1.82, 2.24) is 29.7 Å². The van der Waals surface area contributed by atoms with Crippen LogP contribution in [-0.2, 0) is 13.0 Å². The highest BCUT2D eigenvalue weighted by Crippen LogP contribution is 2.28. The Bertz CT molecular complexity index is 1230. The number of anilines is 1. The first-order valence-electron chi connectivity index (χ1n) is 9.89. The molecule has 0 saturated heterocycles. The van der Waals surface area contributed by atoms with E-state index in [0.29, 0.717) is 47.1 Å². The highest BCUT2D eigenvalue weighted by Gasteiger charge is 2.19. The third-order valence-corrected chi connectivity index (χ3v) is 4.63. The van der Waals surface area contributed by atoms with Gasteiger partial charge in [-0.1, -0.05) is 19.4 Å². The third kappa shape index (κ3) is 3.73. The van der Waals surface area contributed by atoms with Gasteiger partial charge >= 0.3 is 0 Å². The Kier molecular flexibility index (Phi) is 5.42. The van der Waals surface area contributed by atoms with Crippen LogP contribution in [0.2, 0.25) is 0 Å². The number of aromatic amines is 1. The molecule has 0 atom stereocenters. The van der Waals surface area contributed by atoms with Crippen molar-refractivity contribution in [2.24, 2.45) is 0 Å². The van der Waals surface area contributed by atoms with Crippen LogP contribution in [0.3, 0.4) is 0 Å². The predicted octanol–water partition coefficient (Wildman–Crippen LogP) is 2.56. The van der Waals surface area contributed by atoms with E-state index in [1.165, 1.54) is 6.20 Å². The van der Waals surface area contributed by atoms with E-state index >= 15 is 0 Å². The fraction of sp³-hybridized carbons (Fsp3) is 0.286. The number of ether oxygens (including phenoxy) is 1. The van der Waals surface area contributed by atoms with Crippen LogP contribution in [0, 0.1) is 0 Å². The van der Waals surface area contributed by atoms with Gasteiger partial charge in [0.05, 0.1) is 42.0 Å². The summed E-state index contributed by atoms with van der Waals surface area (Å²) in [7, 11) is 0. The number of H-pyrrole nitrogens is 1. The molecule has 0 radical (unpaired) electrons. The van der Waals surface area contributed by atoms with Crippen LogP contribution in [0.4, 0.5) is 5.69 Å². The number of nitrogens with two attached hydrogens (primary N) is 1. The molecular formula is C21H23N7O2. The Morgan fingerprint density at radius 1 is 1.20 bits per heavy atom. The second kappa shape index (κ2) is 8.32. The minimum absolute atomic E-state index is 0.299. The quantitative estimate of drug-likeness (QED) is 0.484. The van der Waals surface area contributed by atoms with Gasteiger partial charge in [0.25, 0.3) is 5.56 Å². The van der Waals surface area contributed by atoms with E-state index in [1.54, 1.807) is 12.3 Å². The molecule has 0 saturated carbocycles. The maximum Gasteiger partial charge on any atom is 0.279 e. The van der Waals surface area contributed by atoms with E-state index in [2.05, 4.69) is 27.0 Å². The normalized spacial score (nSPS) is 11.1. The molecule has 0 aliphatic rings. The van der Waals surface area contributed by atoms with Crippen LogP contribution in [0.5, 0.6) is 5.88 Å². The molecule has 0 aliphatic heterocycles. The van der Waals surface area contributed by atoms with E-state index in [1.807, 2.05) is 29.8 Å². The summed E-state index contributed by atoms with van der Waals surface area (Å²) in [5.74, 6) is 0.720. The Morgan fingerprint density at radius 3 is 2.80 bits per heavy atom. The van der Waals surface area contributed by atoms with Crippen molar-refractivity contribution >= 4 is 16.7 Å². The molecule has 30 heavy (non-hydrogen) atoms. The molecule has 0 aliphatic carbocycles. The van der Waals surface area contributed by atoms with Crippen molar-refractivity contribution in [2.45, 2.75) is 33.2 Å². The highest BCUT2D eigenvalue weighted by molar-refractivity contribution is 5.79. The molecule has 9 heteroatoms. The largest absolute Gasteiger partial charge is 0.477 e. The fourth-order valence-corrected chi connectivity index (χ4v) is 3.34. The van der Waals surface area contributed by atoms with Gasteiger partial charge in [-0.15, -0.1) is 0 Å². The third-order valence-electron chi connectivity index (χ3n) is 4.63. The summed E-state index contributed by atoms with van der Waals surface area (Å²) < 4.78 is 7.41. The van der Waals surface area contributed by atoms with E-state index in [4.69, 9.17) is 15.5 Å². The topological polar surface area (TPSA) is 125 Å². The van der Waals surface area contributed by atoms with Gasteiger partial charge in [-0.25, -0.2) is 9.97 Å². The second-order valence-electron chi connectivity index (χ2n) is 6.84. The van der Waals surface area contributed by atoms with Crippen LogP contribution in [-0.4, -0.2) is 36.3 Å². The number of nitrogen functional groups attached to an aromatic ring is 1. The number of rotatable bonds is 7. The van der Waals surface area contributed by atoms with Crippen LogP contribution in [0.25, 0.3) is 22.4 Å². The van der Waals surface area contributed by atoms with E-state index in [9.17, 15) is 4.79 Å². The van der Waals surface area contributed by atoms with Gasteiger partial charge < -0.3 is 15.5 Å². The lowest BCUT2D eigenvalue weighted by atomic mass is 10.2. The summed E-state index contributed by atoms with van der Waals surface area (Å²) in [6, 6.07) is 7.41. The van der Waals surface area contributed by atoms with Gasteiger partial charge in [-0.3, -0.25) is 14.5 Å². The van der Waals surface area contributed by atoms with Crippen LogP contribution in [0.15, 0.2) is 41.5 Å². The Morgan fingerprint density at radius 2 is 2.07 bits per heavy atom. The molecule has 0 fully saturated rings. The van der Waals surface area contributed by atoms with Crippen molar-refractivity contribution in [1.29, 1.82) is 0 Å². The lowest BCUT2D eigenvalue weighted by Gasteiger charge is -2.09. The zero-order valence-electron chi connectivity index (χ0n) is 16.9. The number of aromatic nitrogens is 6. The van der Waals surface area contributed by atoms with E-state index < -0.39 is 0 Å². The molecule has 4 heterocycles.